The summed E-state index contributed by atoms with van der Waals surface area (Å²) in [6, 6.07) is 4.66. The minimum Gasteiger partial charge on any atom is -0.480 e. The summed E-state index contributed by atoms with van der Waals surface area (Å²) in [5.41, 5.74) is 2.58. The highest BCUT2D eigenvalue weighted by Crippen LogP contribution is 2.30. The molecule has 0 saturated carbocycles. The Morgan fingerprint density at radius 2 is 1.85 bits per heavy atom. The molecule has 11 nitrogen and oxygen atoms in total. The summed E-state index contributed by atoms with van der Waals surface area (Å²) in [5.74, 6) is -1.45. The van der Waals surface area contributed by atoms with Crippen LogP contribution in [-0.4, -0.2) is 72.6 Å². The van der Waals surface area contributed by atoms with E-state index in [4.69, 9.17) is 14.2 Å². The Morgan fingerprint density at radius 3 is 2.51 bits per heavy atom. The number of ether oxygens (including phenoxy) is 3. The fraction of sp³-hybridized carbons (Fsp3) is 0.667. The Balaban J connectivity index is 1.43. The molecule has 1 aromatic carbocycles. The molecule has 0 radical (unpaired) electrons. The molecule has 3 rings (SSSR count). The lowest BCUT2D eigenvalue weighted by Crippen LogP contribution is -2.49. The van der Waals surface area contributed by atoms with Crippen molar-refractivity contribution in [1.82, 2.24) is 15.5 Å². The third kappa shape index (κ3) is 9.08. The number of unbranched alkanes of at least 4 members (excludes halogenated alkanes) is 1. The molecule has 3 N–H and O–H groups in total. The number of benzene rings is 1. The van der Waals surface area contributed by atoms with E-state index in [0.29, 0.717) is 26.1 Å². The van der Waals surface area contributed by atoms with Gasteiger partial charge in [-0.1, -0.05) is 59.2 Å². The van der Waals surface area contributed by atoms with Crippen LogP contribution in [0.25, 0.3) is 0 Å². The predicted molar refractivity (Wildman–Crippen MR) is 151 cm³/mol. The first-order valence-corrected chi connectivity index (χ1v) is 14.2. The molecular weight excluding hydrogens is 530 g/mol. The third-order valence-corrected chi connectivity index (χ3v) is 7.70. The number of rotatable bonds is 11. The first kappa shape index (κ1) is 32.2. The van der Waals surface area contributed by atoms with Crippen LogP contribution in [0.5, 0.6) is 0 Å². The van der Waals surface area contributed by atoms with Gasteiger partial charge in [0, 0.05) is 26.1 Å². The van der Waals surface area contributed by atoms with Gasteiger partial charge in [-0.3, -0.25) is 9.69 Å². The van der Waals surface area contributed by atoms with Gasteiger partial charge in [0.1, 0.15) is 18.2 Å². The lowest BCUT2D eigenvalue weighted by molar-refractivity contribution is -0.143. The molecule has 1 fully saturated rings. The molecule has 2 aliphatic heterocycles. The SMILES string of the molecule is COC(=O)[C@@H]1CC(OC(=O)N2Cc3cccc(CCCCC(C)(C)COC(=O)N[C@H](C(=O)O)C(C)(C)C)c3C2)CN1. The van der Waals surface area contributed by atoms with Crippen molar-refractivity contribution < 1.29 is 38.5 Å². The van der Waals surface area contributed by atoms with Crippen LogP contribution < -0.4 is 10.6 Å². The van der Waals surface area contributed by atoms with Crippen molar-refractivity contribution in [2.75, 3.05) is 20.3 Å². The zero-order chi connectivity index (χ0) is 30.4. The van der Waals surface area contributed by atoms with Crippen molar-refractivity contribution in [3.05, 3.63) is 34.9 Å². The minimum absolute atomic E-state index is 0.185. The first-order valence-electron chi connectivity index (χ1n) is 14.2. The Labute approximate surface area is 242 Å². The van der Waals surface area contributed by atoms with Crippen molar-refractivity contribution in [2.24, 2.45) is 10.8 Å². The van der Waals surface area contributed by atoms with E-state index in [9.17, 15) is 24.3 Å². The summed E-state index contributed by atoms with van der Waals surface area (Å²) in [5, 5.41) is 14.9. The van der Waals surface area contributed by atoms with E-state index >= 15 is 0 Å². The van der Waals surface area contributed by atoms with Crippen molar-refractivity contribution in [3.63, 3.8) is 0 Å². The number of aryl methyl sites for hydroxylation is 1. The van der Waals surface area contributed by atoms with Crippen LogP contribution in [-0.2, 0) is 43.3 Å². The normalized spacial score (nSPS) is 19.3. The maximum atomic E-state index is 12.8. The molecule has 1 saturated heterocycles. The van der Waals surface area contributed by atoms with E-state index in [1.807, 2.05) is 26.0 Å². The number of methoxy groups -OCH3 is 1. The first-order chi connectivity index (χ1) is 19.2. The molecule has 2 amide bonds. The van der Waals surface area contributed by atoms with E-state index in [1.165, 1.54) is 12.7 Å². The molecule has 0 spiro atoms. The Bertz CT molecular complexity index is 1110. The molecule has 0 bridgehead atoms. The summed E-state index contributed by atoms with van der Waals surface area (Å²) in [6.07, 6.45) is 2.47. The quantitative estimate of drug-likeness (QED) is 0.203. The van der Waals surface area contributed by atoms with Gasteiger partial charge in [-0.15, -0.1) is 0 Å². The van der Waals surface area contributed by atoms with Crippen LogP contribution in [0.3, 0.4) is 0 Å². The van der Waals surface area contributed by atoms with E-state index in [0.717, 1.165) is 36.8 Å². The molecule has 1 unspecified atom stereocenters. The Hall–Kier alpha value is -3.34. The minimum atomic E-state index is -1.10. The van der Waals surface area contributed by atoms with Crippen molar-refractivity contribution in [1.29, 1.82) is 0 Å². The largest absolute Gasteiger partial charge is 0.480 e. The van der Waals surface area contributed by atoms with Crippen molar-refractivity contribution in [3.8, 4) is 0 Å². The second-order valence-corrected chi connectivity index (χ2v) is 12.9. The van der Waals surface area contributed by atoms with Crippen molar-refractivity contribution in [2.45, 2.75) is 98.0 Å². The zero-order valence-corrected chi connectivity index (χ0v) is 25.1. The van der Waals surface area contributed by atoms with Gasteiger partial charge >= 0.3 is 24.1 Å². The van der Waals surface area contributed by atoms with Crippen LogP contribution >= 0.6 is 0 Å². The average molecular weight is 576 g/mol. The van der Waals surface area contributed by atoms with E-state index in [2.05, 4.69) is 16.7 Å². The molecule has 11 heteroatoms. The van der Waals surface area contributed by atoms with Gasteiger partial charge in [-0.2, -0.15) is 0 Å². The number of nitrogens with one attached hydrogen (secondary N) is 2. The highest BCUT2D eigenvalue weighted by atomic mass is 16.6. The predicted octanol–water partition coefficient (Wildman–Crippen LogP) is 4.01. The number of fused-ring (bicyclic) bond motifs is 1. The zero-order valence-electron chi connectivity index (χ0n) is 25.1. The second kappa shape index (κ2) is 13.5. The highest BCUT2D eigenvalue weighted by Gasteiger charge is 2.35. The molecule has 1 aromatic rings. The molecule has 228 valence electrons. The highest BCUT2D eigenvalue weighted by molar-refractivity contribution is 5.80. The number of amides is 2. The molecule has 41 heavy (non-hydrogen) atoms. The second-order valence-electron chi connectivity index (χ2n) is 12.9. The summed E-state index contributed by atoms with van der Waals surface area (Å²) < 4.78 is 15.8. The number of esters is 1. The smallest absolute Gasteiger partial charge is 0.410 e. The average Bonchev–Trinajstić information content (AvgIpc) is 3.55. The van der Waals surface area contributed by atoms with Gasteiger partial charge < -0.3 is 30.0 Å². The maximum Gasteiger partial charge on any atom is 0.410 e. The lowest BCUT2D eigenvalue weighted by atomic mass is 9.87. The van der Waals surface area contributed by atoms with Gasteiger partial charge in [0.05, 0.1) is 13.7 Å². The van der Waals surface area contributed by atoms with Gasteiger partial charge in [-0.05, 0) is 46.8 Å². The molecule has 2 aliphatic rings. The fourth-order valence-corrected chi connectivity index (χ4v) is 5.25. The number of hydrogen-bond donors (Lipinski definition) is 3. The number of aliphatic carboxylic acids is 1. The van der Waals surface area contributed by atoms with E-state index < -0.39 is 29.6 Å². The Kier molecular flexibility index (Phi) is 10.6. The van der Waals surface area contributed by atoms with Crippen LogP contribution in [0.15, 0.2) is 18.2 Å². The van der Waals surface area contributed by atoms with Crippen LogP contribution in [0.2, 0.25) is 0 Å². The van der Waals surface area contributed by atoms with E-state index in [1.54, 1.807) is 25.7 Å². The standard InChI is InChI=1S/C30H45N3O8/c1-29(2,3)24(25(34)35)32-27(37)40-18-30(4,5)13-8-7-10-19-11-9-12-20-16-33(17-22(19)20)28(38)41-21-14-23(31-15-21)26(36)39-6/h9,11-12,21,23-24,31H,7-8,10,13-18H2,1-6H3,(H,32,37)(H,34,35)/t21?,23-,24+/m0/s1. The van der Waals surface area contributed by atoms with Crippen molar-refractivity contribution >= 4 is 24.1 Å². The van der Waals surface area contributed by atoms with Crippen LogP contribution in [0.4, 0.5) is 9.59 Å². The Morgan fingerprint density at radius 1 is 1.12 bits per heavy atom. The topological polar surface area (TPSA) is 144 Å². The summed E-state index contributed by atoms with van der Waals surface area (Å²) >= 11 is 0. The fourth-order valence-electron chi connectivity index (χ4n) is 5.25. The van der Waals surface area contributed by atoms with Gasteiger partial charge in [0.2, 0.25) is 0 Å². The van der Waals surface area contributed by atoms with Crippen LogP contribution in [0, 0.1) is 10.8 Å². The number of carboxylic acids is 1. The van der Waals surface area contributed by atoms with Gasteiger partial charge in [-0.25, -0.2) is 14.4 Å². The number of alkyl carbamates (subject to hydrolysis) is 1. The number of hydrogen-bond acceptors (Lipinski definition) is 8. The van der Waals surface area contributed by atoms with Crippen LogP contribution in [0.1, 0.15) is 77.0 Å². The van der Waals surface area contributed by atoms with Gasteiger partial charge in [0.25, 0.3) is 0 Å². The van der Waals surface area contributed by atoms with E-state index in [-0.39, 0.29) is 30.2 Å². The number of nitrogens with zero attached hydrogens (tertiary/aromatic N) is 1. The third-order valence-electron chi connectivity index (χ3n) is 7.70. The molecular formula is C30H45N3O8. The molecule has 0 aliphatic carbocycles. The summed E-state index contributed by atoms with van der Waals surface area (Å²) in [6.45, 7) is 10.9. The molecule has 0 aromatic heterocycles. The molecule has 2 heterocycles. The lowest BCUT2D eigenvalue weighted by Gasteiger charge is -2.29. The maximum absolute atomic E-state index is 12.8. The summed E-state index contributed by atoms with van der Waals surface area (Å²) in [4.78, 5) is 50.0. The summed E-state index contributed by atoms with van der Waals surface area (Å²) in [7, 11) is 1.34. The monoisotopic (exact) mass is 575 g/mol. The number of carbonyl (C=O) groups excluding carboxylic acids is 3. The van der Waals surface area contributed by atoms with Gasteiger partial charge in [0.15, 0.2) is 0 Å². The number of carbonyl (C=O) groups is 4. The number of carboxylic acid groups (broad SMARTS) is 1. The molecule has 3 atom stereocenters.